The first kappa shape index (κ1) is 19.8. The molecule has 0 bridgehead atoms. The number of sulfone groups is 1. The zero-order valence-corrected chi connectivity index (χ0v) is 13.7. The Labute approximate surface area is 145 Å². The molecule has 26 heavy (non-hydrogen) atoms. The molecule has 0 radical (unpaired) electrons. The van der Waals surface area contributed by atoms with Gasteiger partial charge in [-0.25, -0.2) is 8.42 Å². The van der Waals surface area contributed by atoms with Gasteiger partial charge in [0.05, 0.1) is 22.6 Å². The standard InChI is InChI=1S/C16H12F5NO3S/c17-15(18)26(24,25)13-4-2-1-3-12(13)22-14(23)9-10-5-7-11(8-6-10)16(19,20)21/h1-8,15H,9H2,(H,22,23). The number of hydrogen-bond donors (Lipinski definition) is 1. The molecule has 2 aromatic rings. The molecule has 0 spiro atoms. The molecular formula is C16H12F5NO3S. The molecule has 0 heterocycles. The van der Waals surface area contributed by atoms with Gasteiger partial charge in [-0.15, -0.1) is 0 Å². The number of rotatable bonds is 5. The van der Waals surface area contributed by atoms with E-state index in [1.165, 1.54) is 12.1 Å². The number of hydrogen-bond acceptors (Lipinski definition) is 3. The minimum absolute atomic E-state index is 0.240. The predicted octanol–water partition coefficient (Wildman–Crippen LogP) is 3.88. The lowest BCUT2D eigenvalue weighted by molar-refractivity contribution is -0.137. The van der Waals surface area contributed by atoms with Gasteiger partial charge >= 0.3 is 11.9 Å². The Hall–Kier alpha value is -2.49. The van der Waals surface area contributed by atoms with Crippen molar-refractivity contribution >= 4 is 21.4 Å². The molecule has 0 fully saturated rings. The van der Waals surface area contributed by atoms with Crippen LogP contribution in [0.15, 0.2) is 53.4 Å². The fourth-order valence-corrected chi connectivity index (χ4v) is 2.99. The van der Waals surface area contributed by atoms with Crippen LogP contribution in [0.5, 0.6) is 0 Å². The molecule has 10 heteroatoms. The van der Waals surface area contributed by atoms with Gasteiger partial charge in [0, 0.05) is 0 Å². The lowest BCUT2D eigenvalue weighted by atomic mass is 10.1. The summed E-state index contributed by atoms with van der Waals surface area (Å²) >= 11 is 0. The van der Waals surface area contributed by atoms with Crippen molar-refractivity contribution in [2.24, 2.45) is 0 Å². The molecule has 0 saturated heterocycles. The lowest BCUT2D eigenvalue weighted by Gasteiger charge is -2.11. The van der Waals surface area contributed by atoms with E-state index in [0.29, 0.717) is 0 Å². The number of carbonyl (C=O) groups excluding carboxylic acids is 1. The molecule has 2 aromatic carbocycles. The summed E-state index contributed by atoms with van der Waals surface area (Å²) in [4.78, 5) is 11.3. The Bertz CT molecular complexity index is 893. The normalized spacial score (nSPS) is 12.2. The summed E-state index contributed by atoms with van der Waals surface area (Å²) in [5.41, 5.74) is -0.968. The lowest BCUT2D eigenvalue weighted by Crippen LogP contribution is -2.19. The quantitative estimate of drug-likeness (QED) is 0.785. The second-order valence-electron chi connectivity index (χ2n) is 5.22. The number of amides is 1. The molecule has 0 saturated carbocycles. The fraction of sp³-hybridized carbons (Fsp3) is 0.188. The minimum Gasteiger partial charge on any atom is -0.325 e. The number of nitrogens with one attached hydrogen (secondary N) is 1. The Kier molecular flexibility index (Phi) is 5.65. The van der Waals surface area contributed by atoms with Crippen molar-refractivity contribution in [3.63, 3.8) is 0 Å². The van der Waals surface area contributed by atoms with Crippen LogP contribution in [0.25, 0.3) is 0 Å². The van der Waals surface area contributed by atoms with E-state index in [4.69, 9.17) is 0 Å². The van der Waals surface area contributed by atoms with Crippen molar-refractivity contribution in [2.75, 3.05) is 5.32 Å². The largest absolute Gasteiger partial charge is 0.416 e. The van der Waals surface area contributed by atoms with Crippen molar-refractivity contribution < 1.29 is 35.2 Å². The first-order chi connectivity index (χ1) is 12.0. The molecule has 1 amide bonds. The van der Waals surface area contributed by atoms with E-state index >= 15 is 0 Å². The van der Waals surface area contributed by atoms with E-state index in [1.54, 1.807) is 0 Å². The van der Waals surface area contributed by atoms with Crippen LogP contribution < -0.4 is 5.32 Å². The van der Waals surface area contributed by atoms with Crippen molar-refractivity contribution in [2.45, 2.75) is 23.3 Å². The van der Waals surface area contributed by atoms with E-state index in [9.17, 15) is 35.2 Å². The molecule has 1 N–H and O–H groups in total. The number of anilines is 1. The molecule has 0 atom stereocenters. The highest BCUT2D eigenvalue weighted by atomic mass is 32.2. The molecule has 0 aliphatic carbocycles. The third-order valence-corrected chi connectivity index (χ3v) is 4.79. The van der Waals surface area contributed by atoms with Gasteiger partial charge in [-0.05, 0) is 29.8 Å². The zero-order chi connectivity index (χ0) is 19.5. The van der Waals surface area contributed by atoms with Crippen LogP contribution in [0.3, 0.4) is 0 Å². The van der Waals surface area contributed by atoms with Gasteiger partial charge in [0.2, 0.25) is 15.7 Å². The molecule has 0 aromatic heterocycles. The Morgan fingerprint density at radius 2 is 1.58 bits per heavy atom. The number of para-hydroxylation sites is 1. The van der Waals surface area contributed by atoms with E-state index < -0.39 is 38.1 Å². The van der Waals surface area contributed by atoms with Gasteiger partial charge in [-0.2, -0.15) is 22.0 Å². The highest BCUT2D eigenvalue weighted by Crippen LogP contribution is 2.29. The summed E-state index contributed by atoms with van der Waals surface area (Å²) in [6.07, 6.45) is -4.87. The molecule has 0 aliphatic heterocycles. The molecular weight excluding hydrogens is 381 g/mol. The second kappa shape index (κ2) is 7.40. The smallest absolute Gasteiger partial charge is 0.325 e. The molecule has 4 nitrogen and oxygen atoms in total. The van der Waals surface area contributed by atoms with Gasteiger partial charge in [0.25, 0.3) is 0 Å². The average Bonchev–Trinajstić information content (AvgIpc) is 2.54. The number of carbonyl (C=O) groups is 1. The average molecular weight is 393 g/mol. The molecule has 140 valence electrons. The maximum atomic E-state index is 12.7. The molecule has 2 rings (SSSR count). The van der Waals surface area contributed by atoms with Crippen LogP contribution >= 0.6 is 0 Å². The van der Waals surface area contributed by atoms with Crippen LogP contribution in [0.4, 0.5) is 27.6 Å². The minimum atomic E-state index is -4.92. The summed E-state index contributed by atoms with van der Waals surface area (Å²) in [5.74, 6) is -4.42. The maximum Gasteiger partial charge on any atom is 0.416 e. The van der Waals surface area contributed by atoms with Crippen LogP contribution in [0.1, 0.15) is 11.1 Å². The third kappa shape index (κ3) is 4.57. The summed E-state index contributed by atoms with van der Waals surface area (Å²) in [7, 11) is -4.92. The maximum absolute atomic E-state index is 12.7. The SMILES string of the molecule is O=C(Cc1ccc(C(F)(F)F)cc1)Nc1ccccc1S(=O)(=O)C(F)F. The predicted molar refractivity (Wildman–Crippen MR) is 83.4 cm³/mol. The summed E-state index contributed by atoms with van der Waals surface area (Å²) in [6.45, 7) is 0. The Balaban J connectivity index is 2.17. The van der Waals surface area contributed by atoms with Gasteiger partial charge < -0.3 is 5.32 Å². The Morgan fingerprint density at radius 1 is 1.00 bits per heavy atom. The van der Waals surface area contributed by atoms with Gasteiger partial charge in [0.15, 0.2) is 0 Å². The van der Waals surface area contributed by atoms with E-state index in [2.05, 4.69) is 5.32 Å². The first-order valence-corrected chi connectivity index (χ1v) is 8.63. The highest BCUT2D eigenvalue weighted by molar-refractivity contribution is 7.91. The first-order valence-electron chi connectivity index (χ1n) is 7.09. The third-order valence-electron chi connectivity index (χ3n) is 3.35. The monoisotopic (exact) mass is 393 g/mol. The second-order valence-corrected chi connectivity index (χ2v) is 7.11. The van der Waals surface area contributed by atoms with E-state index in [0.717, 1.165) is 36.4 Å². The summed E-state index contributed by atoms with van der Waals surface area (Å²) in [6, 6.07) is 8.44. The Morgan fingerprint density at radius 3 is 2.12 bits per heavy atom. The van der Waals surface area contributed by atoms with Crippen molar-refractivity contribution in [3.8, 4) is 0 Å². The van der Waals surface area contributed by atoms with Crippen LogP contribution in [0.2, 0.25) is 0 Å². The van der Waals surface area contributed by atoms with Crippen LogP contribution in [0, 0.1) is 0 Å². The van der Waals surface area contributed by atoms with Crippen molar-refractivity contribution in [3.05, 3.63) is 59.7 Å². The molecule has 0 aliphatic rings. The topological polar surface area (TPSA) is 63.2 Å². The van der Waals surface area contributed by atoms with Crippen molar-refractivity contribution in [1.82, 2.24) is 0 Å². The number of alkyl halides is 5. The van der Waals surface area contributed by atoms with E-state index in [1.807, 2.05) is 0 Å². The summed E-state index contributed by atoms with van der Waals surface area (Å²) < 4.78 is 86.1. The van der Waals surface area contributed by atoms with Crippen molar-refractivity contribution in [1.29, 1.82) is 0 Å². The fourth-order valence-electron chi connectivity index (χ4n) is 2.11. The van der Waals surface area contributed by atoms with Gasteiger partial charge in [0.1, 0.15) is 0 Å². The van der Waals surface area contributed by atoms with Gasteiger partial charge in [-0.1, -0.05) is 24.3 Å². The van der Waals surface area contributed by atoms with Crippen LogP contribution in [-0.4, -0.2) is 20.1 Å². The van der Waals surface area contributed by atoms with Crippen LogP contribution in [-0.2, 0) is 27.2 Å². The number of benzene rings is 2. The molecule has 0 unspecified atom stereocenters. The zero-order valence-electron chi connectivity index (χ0n) is 12.9. The highest BCUT2D eigenvalue weighted by Gasteiger charge is 2.30. The number of halogens is 5. The van der Waals surface area contributed by atoms with E-state index in [-0.39, 0.29) is 17.7 Å². The summed E-state index contributed by atoms with van der Waals surface area (Å²) in [5, 5.41) is 2.19. The van der Waals surface area contributed by atoms with Gasteiger partial charge in [-0.3, -0.25) is 4.79 Å².